The van der Waals surface area contributed by atoms with Crippen LogP contribution in [0.25, 0.3) is 10.9 Å². The normalized spacial score (nSPS) is 12.1. The summed E-state index contributed by atoms with van der Waals surface area (Å²) in [5.74, 6) is 0.822. The molecule has 6 aromatic rings. The third-order valence-electron chi connectivity index (χ3n) is 8.50. The molecule has 0 radical (unpaired) electrons. The second kappa shape index (κ2) is 14.1. The highest BCUT2D eigenvalue weighted by molar-refractivity contribution is 5.83. The maximum absolute atomic E-state index is 13.3. The molecule has 1 heterocycles. The highest BCUT2D eigenvalue weighted by Gasteiger charge is 2.38. The average molecular weight is 594 g/mol. The van der Waals surface area contributed by atoms with Gasteiger partial charge in [-0.15, -0.1) is 0 Å². The standard InChI is InChI=1S/C40H39N3O2/c1-45-36-21-13-14-30(26-36)24-25-39(44)42-29-35(27-31-28-41-38-23-12-11-22-37(31)38)43-40(32-15-5-2-6-16-32,33-17-7-3-8-18-33)34-19-9-4-10-20-34/h2-23,26,28,35,41,43H,24-25,27,29H2,1H3,(H,42,44)/t35-/m1/s1. The first-order valence-electron chi connectivity index (χ1n) is 15.5. The first-order chi connectivity index (χ1) is 22.2. The summed E-state index contributed by atoms with van der Waals surface area (Å²) in [5.41, 5.74) is 6.13. The van der Waals surface area contributed by atoms with Crippen molar-refractivity contribution in [3.63, 3.8) is 0 Å². The zero-order valence-corrected chi connectivity index (χ0v) is 25.6. The van der Waals surface area contributed by atoms with Gasteiger partial charge in [-0.3, -0.25) is 10.1 Å². The molecule has 1 amide bonds. The van der Waals surface area contributed by atoms with Crippen LogP contribution in [0.5, 0.6) is 5.75 Å². The quantitative estimate of drug-likeness (QED) is 0.122. The maximum atomic E-state index is 13.3. The van der Waals surface area contributed by atoms with Gasteiger partial charge in [0.25, 0.3) is 0 Å². The minimum Gasteiger partial charge on any atom is -0.497 e. The van der Waals surface area contributed by atoms with E-state index in [-0.39, 0.29) is 11.9 Å². The van der Waals surface area contributed by atoms with Crippen LogP contribution in [-0.2, 0) is 23.2 Å². The number of aryl methyl sites for hydroxylation is 1. The molecule has 0 aliphatic carbocycles. The monoisotopic (exact) mass is 593 g/mol. The number of fused-ring (bicyclic) bond motifs is 1. The number of carbonyl (C=O) groups is 1. The van der Waals surface area contributed by atoms with Crippen molar-refractivity contribution in [2.45, 2.75) is 30.8 Å². The second-order valence-corrected chi connectivity index (χ2v) is 11.4. The number of hydrogen-bond donors (Lipinski definition) is 3. The molecule has 1 atom stereocenters. The molecule has 0 aliphatic rings. The van der Waals surface area contributed by atoms with Crippen molar-refractivity contribution in [1.82, 2.24) is 15.6 Å². The molecule has 6 rings (SSSR count). The number of benzene rings is 5. The van der Waals surface area contributed by atoms with Crippen molar-refractivity contribution >= 4 is 16.8 Å². The Balaban J connectivity index is 1.35. The Bertz CT molecular complexity index is 1720. The summed E-state index contributed by atoms with van der Waals surface area (Å²) >= 11 is 0. The molecule has 0 saturated heterocycles. The molecule has 5 nitrogen and oxygen atoms in total. The van der Waals surface area contributed by atoms with Crippen LogP contribution in [0, 0.1) is 0 Å². The van der Waals surface area contributed by atoms with E-state index in [1.165, 1.54) is 10.9 Å². The molecule has 0 spiro atoms. The number of amides is 1. The molecule has 0 unspecified atom stereocenters. The maximum Gasteiger partial charge on any atom is 0.220 e. The Morgan fingerprint density at radius 3 is 1.98 bits per heavy atom. The summed E-state index contributed by atoms with van der Waals surface area (Å²) in [6, 6.07) is 48.0. The lowest BCUT2D eigenvalue weighted by Gasteiger charge is -2.40. The van der Waals surface area contributed by atoms with Gasteiger partial charge in [0.15, 0.2) is 0 Å². The summed E-state index contributed by atoms with van der Waals surface area (Å²) in [6.45, 7) is 0.463. The van der Waals surface area contributed by atoms with Crippen LogP contribution in [0.4, 0.5) is 0 Å². The predicted molar refractivity (Wildman–Crippen MR) is 182 cm³/mol. The van der Waals surface area contributed by atoms with Crippen LogP contribution >= 0.6 is 0 Å². The second-order valence-electron chi connectivity index (χ2n) is 11.4. The predicted octanol–water partition coefficient (Wildman–Crippen LogP) is 7.42. The van der Waals surface area contributed by atoms with Crippen LogP contribution in [0.3, 0.4) is 0 Å². The number of aromatic nitrogens is 1. The number of carbonyl (C=O) groups excluding carboxylic acids is 1. The minimum absolute atomic E-state index is 0.0216. The van der Waals surface area contributed by atoms with E-state index in [1.54, 1.807) is 7.11 Å². The molecule has 0 fully saturated rings. The zero-order valence-electron chi connectivity index (χ0n) is 25.6. The van der Waals surface area contributed by atoms with Gasteiger partial charge in [0.1, 0.15) is 5.75 Å². The molecule has 0 saturated carbocycles. The molecular weight excluding hydrogens is 554 g/mol. The van der Waals surface area contributed by atoms with E-state index in [0.29, 0.717) is 25.8 Å². The van der Waals surface area contributed by atoms with Crippen LogP contribution in [0.15, 0.2) is 146 Å². The van der Waals surface area contributed by atoms with E-state index in [2.05, 4.69) is 131 Å². The van der Waals surface area contributed by atoms with Gasteiger partial charge in [0.2, 0.25) is 5.91 Å². The molecule has 45 heavy (non-hydrogen) atoms. The Labute approximate surface area is 265 Å². The molecule has 226 valence electrons. The summed E-state index contributed by atoms with van der Waals surface area (Å²) in [4.78, 5) is 16.7. The molecule has 0 aliphatic heterocycles. The number of nitrogens with one attached hydrogen (secondary N) is 3. The number of H-pyrrole nitrogens is 1. The summed E-state index contributed by atoms with van der Waals surface area (Å²) in [6.07, 6.45) is 3.85. The zero-order chi connectivity index (χ0) is 30.9. The van der Waals surface area contributed by atoms with Gasteiger partial charge in [-0.2, -0.15) is 0 Å². The van der Waals surface area contributed by atoms with E-state index in [0.717, 1.165) is 33.5 Å². The molecule has 5 aromatic carbocycles. The highest BCUT2D eigenvalue weighted by atomic mass is 16.5. The third-order valence-corrected chi connectivity index (χ3v) is 8.50. The summed E-state index contributed by atoms with van der Waals surface area (Å²) in [5, 5.41) is 8.59. The van der Waals surface area contributed by atoms with Crippen molar-refractivity contribution in [2.24, 2.45) is 0 Å². The van der Waals surface area contributed by atoms with E-state index in [9.17, 15) is 4.79 Å². The van der Waals surface area contributed by atoms with Gasteiger partial charge in [-0.25, -0.2) is 0 Å². The topological polar surface area (TPSA) is 66.1 Å². The largest absolute Gasteiger partial charge is 0.497 e. The first kappa shape index (κ1) is 29.9. The SMILES string of the molecule is COc1cccc(CCC(=O)NC[C@@H](Cc2c[nH]c3ccccc23)NC(c2ccccc2)(c2ccccc2)c2ccccc2)c1. The molecular formula is C40H39N3O2. The fourth-order valence-corrected chi connectivity index (χ4v) is 6.27. The van der Waals surface area contributed by atoms with Crippen molar-refractivity contribution in [3.05, 3.63) is 174 Å². The molecule has 3 N–H and O–H groups in total. The number of ether oxygens (including phenoxy) is 1. The summed E-state index contributed by atoms with van der Waals surface area (Å²) < 4.78 is 5.37. The van der Waals surface area contributed by atoms with E-state index in [1.807, 2.05) is 30.3 Å². The fourth-order valence-electron chi connectivity index (χ4n) is 6.27. The van der Waals surface area contributed by atoms with Gasteiger partial charge >= 0.3 is 0 Å². The lowest BCUT2D eigenvalue weighted by atomic mass is 9.76. The number of para-hydroxylation sites is 1. The van der Waals surface area contributed by atoms with Gasteiger partial charge in [-0.05, 0) is 58.9 Å². The van der Waals surface area contributed by atoms with Gasteiger partial charge in [0.05, 0.1) is 12.6 Å². The summed E-state index contributed by atoms with van der Waals surface area (Å²) in [7, 11) is 1.66. The van der Waals surface area contributed by atoms with Crippen LogP contribution in [0.1, 0.15) is 34.2 Å². The average Bonchev–Trinajstić information content (AvgIpc) is 3.52. The van der Waals surface area contributed by atoms with Gasteiger partial charge in [-0.1, -0.05) is 121 Å². The Morgan fingerprint density at radius 1 is 0.756 bits per heavy atom. The van der Waals surface area contributed by atoms with Crippen LogP contribution < -0.4 is 15.4 Å². The van der Waals surface area contributed by atoms with Crippen molar-refractivity contribution in [3.8, 4) is 5.75 Å². The number of hydrogen-bond acceptors (Lipinski definition) is 3. The number of methoxy groups -OCH3 is 1. The number of aromatic amines is 1. The molecule has 5 heteroatoms. The Hall–Kier alpha value is -5.13. The Morgan fingerprint density at radius 2 is 1.36 bits per heavy atom. The van der Waals surface area contributed by atoms with E-state index >= 15 is 0 Å². The minimum atomic E-state index is -0.661. The van der Waals surface area contributed by atoms with Crippen LogP contribution in [-0.4, -0.2) is 30.6 Å². The number of rotatable bonds is 13. The van der Waals surface area contributed by atoms with E-state index < -0.39 is 5.54 Å². The lowest BCUT2D eigenvalue weighted by molar-refractivity contribution is -0.121. The smallest absolute Gasteiger partial charge is 0.220 e. The van der Waals surface area contributed by atoms with Gasteiger partial charge < -0.3 is 15.0 Å². The van der Waals surface area contributed by atoms with Crippen LogP contribution in [0.2, 0.25) is 0 Å². The third kappa shape index (κ3) is 6.84. The lowest BCUT2D eigenvalue weighted by Crippen LogP contribution is -2.54. The van der Waals surface area contributed by atoms with Crippen molar-refractivity contribution in [1.29, 1.82) is 0 Å². The first-order valence-corrected chi connectivity index (χ1v) is 15.5. The highest BCUT2D eigenvalue weighted by Crippen LogP contribution is 2.37. The van der Waals surface area contributed by atoms with Gasteiger partial charge in [0, 0.05) is 36.1 Å². The fraction of sp³-hybridized carbons (Fsp3) is 0.175. The molecule has 1 aromatic heterocycles. The van der Waals surface area contributed by atoms with Crippen molar-refractivity contribution < 1.29 is 9.53 Å². The van der Waals surface area contributed by atoms with Crippen molar-refractivity contribution in [2.75, 3.05) is 13.7 Å². The molecule has 0 bridgehead atoms. The Kier molecular flexibility index (Phi) is 9.38. The van der Waals surface area contributed by atoms with E-state index in [4.69, 9.17) is 4.74 Å².